The van der Waals surface area contributed by atoms with Crippen molar-refractivity contribution in [2.24, 2.45) is 5.10 Å². The molecule has 0 radical (unpaired) electrons. The molecule has 29 heavy (non-hydrogen) atoms. The molecule has 4 nitrogen and oxygen atoms in total. The molecule has 3 aromatic rings. The zero-order valence-corrected chi connectivity index (χ0v) is 17.0. The van der Waals surface area contributed by atoms with Crippen LogP contribution in [-0.2, 0) is 6.18 Å². The van der Waals surface area contributed by atoms with E-state index in [1.807, 2.05) is 0 Å². The largest absolute Gasteiger partial charge is 0.416 e. The monoisotopic (exact) mass is 457 g/mol. The van der Waals surface area contributed by atoms with E-state index in [-0.39, 0.29) is 0 Å². The van der Waals surface area contributed by atoms with E-state index in [9.17, 15) is 18.0 Å². The van der Waals surface area contributed by atoms with Crippen LogP contribution < -0.4 is 5.43 Å². The number of hydrazone groups is 1. The minimum Gasteiger partial charge on any atom is -0.266 e. The average Bonchev–Trinajstić information content (AvgIpc) is 3.04. The minimum absolute atomic E-state index is 0.305. The highest BCUT2D eigenvalue weighted by atomic mass is 35.5. The molecular weight excluding hydrogens is 446 g/mol. The number of carbonyl (C=O) groups excluding carboxylic acids is 1. The molecule has 1 heterocycles. The predicted octanol–water partition coefficient (Wildman–Crippen LogP) is 6.21. The van der Waals surface area contributed by atoms with E-state index >= 15 is 0 Å². The van der Waals surface area contributed by atoms with Crippen molar-refractivity contribution in [1.82, 2.24) is 10.4 Å². The van der Waals surface area contributed by atoms with Crippen LogP contribution in [0.25, 0.3) is 10.6 Å². The third kappa shape index (κ3) is 5.14. The fourth-order valence-corrected chi connectivity index (χ4v) is 3.77. The minimum atomic E-state index is -4.41. The molecule has 0 unspecified atom stereocenters. The van der Waals surface area contributed by atoms with Crippen LogP contribution in [0.5, 0.6) is 0 Å². The van der Waals surface area contributed by atoms with Gasteiger partial charge in [-0.2, -0.15) is 18.3 Å². The summed E-state index contributed by atoms with van der Waals surface area (Å²) in [6, 6.07) is 9.45. The summed E-state index contributed by atoms with van der Waals surface area (Å²) in [5, 5.41) is 5.17. The van der Waals surface area contributed by atoms with Crippen molar-refractivity contribution in [3.05, 3.63) is 74.2 Å². The summed E-state index contributed by atoms with van der Waals surface area (Å²) >= 11 is 12.9. The van der Waals surface area contributed by atoms with Gasteiger partial charge in [0.05, 0.1) is 22.5 Å². The third-order valence-electron chi connectivity index (χ3n) is 3.79. The molecular formula is C19H12Cl2F3N3OS. The number of hydrogen-bond acceptors (Lipinski definition) is 4. The van der Waals surface area contributed by atoms with Crippen molar-refractivity contribution < 1.29 is 18.0 Å². The Hall–Kier alpha value is -2.42. The first kappa shape index (κ1) is 21.3. The topological polar surface area (TPSA) is 54.4 Å². The lowest BCUT2D eigenvalue weighted by Gasteiger charge is -2.06. The van der Waals surface area contributed by atoms with Crippen molar-refractivity contribution in [3.8, 4) is 10.6 Å². The molecule has 150 valence electrons. The summed E-state index contributed by atoms with van der Waals surface area (Å²) < 4.78 is 38.1. The second-order valence-corrected chi connectivity index (χ2v) is 7.72. The fraction of sp³-hybridized carbons (Fsp3) is 0.105. The molecule has 0 bridgehead atoms. The van der Waals surface area contributed by atoms with Crippen molar-refractivity contribution in [1.29, 1.82) is 0 Å². The van der Waals surface area contributed by atoms with Gasteiger partial charge >= 0.3 is 6.18 Å². The second kappa shape index (κ2) is 8.52. The van der Waals surface area contributed by atoms with Gasteiger partial charge in [-0.1, -0.05) is 41.4 Å². The normalized spacial score (nSPS) is 11.8. The lowest BCUT2D eigenvalue weighted by molar-refractivity contribution is -0.137. The Balaban J connectivity index is 1.74. The maximum absolute atomic E-state index is 12.7. The smallest absolute Gasteiger partial charge is 0.266 e. The summed E-state index contributed by atoms with van der Waals surface area (Å²) in [5.41, 5.74) is 3.14. The number of aromatic nitrogens is 1. The average molecular weight is 458 g/mol. The molecule has 2 aromatic carbocycles. The maximum atomic E-state index is 12.7. The summed E-state index contributed by atoms with van der Waals surface area (Å²) in [7, 11) is 0. The lowest BCUT2D eigenvalue weighted by atomic mass is 10.1. The first-order valence-electron chi connectivity index (χ1n) is 8.08. The number of thiazole rings is 1. The van der Waals surface area contributed by atoms with Crippen LogP contribution >= 0.6 is 34.5 Å². The standard InChI is InChI=1S/C19H12Cl2F3N3OS/c1-10-16(17(28)27-25-9-12-4-7-14(20)8-15(12)21)29-18(26-10)11-2-5-13(6-3-11)19(22,23)24/h2-9H,1H3,(H,27,28)/b25-9+. The van der Waals surface area contributed by atoms with Gasteiger partial charge in [0.1, 0.15) is 9.88 Å². The first-order valence-corrected chi connectivity index (χ1v) is 9.66. The van der Waals surface area contributed by atoms with E-state index in [1.54, 1.807) is 25.1 Å². The van der Waals surface area contributed by atoms with Gasteiger partial charge in [0.15, 0.2) is 0 Å². The van der Waals surface area contributed by atoms with Crippen LogP contribution in [0.15, 0.2) is 47.6 Å². The van der Waals surface area contributed by atoms with E-state index in [2.05, 4.69) is 15.5 Å². The molecule has 3 rings (SSSR count). The zero-order chi connectivity index (χ0) is 21.2. The number of rotatable bonds is 4. The van der Waals surface area contributed by atoms with Crippen molar-refractivity contribution in [3.63, 3.8) is 0 Å². The van der Waals surface area contributed by atoms with Crippen molar-refractivity contribution in [2.75, 3.05) is 0 Å². The van der Waals surface area contributed by atoms with Gasteiger partial charge in [0.25, 0.3) is 5.91 Å². The number of nitrogens with one attached hydrogen (secondary N) is 1. The van der Waals surface area contributed by atoms with Gasteiger partial charge < -0.3 is 0 Å². The van der Waals surface area contributed by atoms with Gasteiger partial charge in [-0.05, 0) is 31.2 Å². The number of halogens is 5. The van der Waals surface area contributed by atoms with Gasteiger partial charge in [-0.3, -0.25) is 4.79 Å². The van der Waals surface area contributed by atoms with E-state index in [0.29, 0.717) is 36.8 Å². The number of amides is 1. The molecule has 1 N–H and O–H groups in total. The van der Waals surface area contributed by atoms with E-state index < -0.39 is 17.6 Å². The summed E-state index contributed by atoms with van der Waals surface area (Å²) in [5.74, 6) is -0.487. The predicted molar refractivity (Wildman–Crippen MR) is 109 cm³/mol. The maximum Gasteiger partial charge on any atom is 0.416 e. The van der Waals surface area contributed by atoms with E-state index in [4.69, 9.17) is 23.2 Å². The van der Waals surface area contributed by atoms with Gasteiger partial charge in [0, 0.05) is 16.1 Å². The Morgan fingerprint density at radius 1 is 1.17 bits per heavy atom. The highest BCUT2D eigenvalue weighted by molar-refractivity contribution is 7.17. The van der Waals surface area contributed by atoms with Gasteiger partial charge in [0.2, 0.25) is 0 Å². The quantitative estimate of drug-likeness (QED) is 0.374. The number of aryl methyl sites for hydroxylation is 1. The van der Waals surface area contributed by atoms with Crippen LogP contribution in [0.1, 0.15) is 26.5 Å². The highest BCUT2D eigenvalue weighted by Crippen LogP contribution is 2.33. The molecule has 0 saturated heterocycles. The summed E-state index contributed by atoms with van der Waals surface area (Å²) in [6.45, 7) is 1.64. The molecule has 10 heteroatoms. The molecule has 0 atom stereocenters. The molecule has 0 aliphatic heterocycles. The molecule has 1 amide bonds. The van der Waals surface area contributed by atoms with Crippen LogP contribution in [-0.4, -0.2) is 17.1 Å². The summed E-state index contributed by atoms with van der Waals surface area (Å²) in [4.78, 5) is 16.9. The third-order valence-corrected chi connectivity index (χ3v) is 5.56. The van der Waals surface area contributed by atoms with Crippen molar-refractivity contribution in [2.45, 2.75) is 13.1 Å². The second-order valence-electron chi connectivity index (χ2n) is 5.87. The molecule has 0 fully saturated rings. The van der Waals surface area contributed by atoms with E-state index in [0.717, 1.165) is 23.5 Å². The Morgan fingerprint density at radius 2 is 1.86 bits per heavy atom. The van der Waals surface area contributed by atoms with Crippen LogP contribution in [0.4, 0.5) is 13.2 Å². The summed E-state index contributed by atoms with van der Waals surface area (Å²) in [6.07, 6.45) is -3.03. The van der Waals surface area contributed by atoms with Crippen LogP contribution in [0.3, 0.4) is 0 Å². The number of hydrogen-bond donors (Lipinski definition) is 1. The Kier molecular flexibility index (Phi) is 6.26. The molecule has 1 aromatic heterocycles. The number of benzene rings is 2. The number of alkyl halides is 3. The molecule has 0 aliphatic rings. The van der Waals surface area contributed by atoms with Crippen molar-refractivity contribution >= 4 is 46.7 Å². The first-order chi connectivity index (χ1) is 13.6. The van der Waals surface area contributed by atoms with Gasteiger partial charge in [-0.15, -0.1) is 11.3 Å². The number of carbonyl (C=O) groups is 1. The zero-order valence-electron chi connectivity index (χ0n) is 14.7. The SMILES string of the molecule is Cc1nc(-c2ccc(C(F)(F)F)cc2)sc1C(=O)N/N=C/c1ccc(Cl)cc1Cl. The Labute approximate surface area is 178 Å². The molecule has 0 spiro atoms. The lowest BCUT2D eigenvalue weighted by Crippen LogP contribution is -2.17. The van der Waals surface area contributed by atoms with Gasteiger partial charge in [-0.25, -0.2) is 10.4 Å². The Morgan fingerprint density at radius 3 is 2.48 bits per heavy atom. The number of nitrogens with zero attached hydrogens (tertiary/aromatic N) is 2. The Bertz CT molecular complexity index is 1080. The molecule has 0 aliphatic carbocycles. The fourth-order valence-electron chi connectivity index (χ4n) is 2.35. The van der Waals surface area contributed by atoms with Crippen LogP contribution in [0.2, 0.25) is 10.0 Å². The van der Waals surface area contributed by atoms with Crippen LogP contribution in [0, 0.1) is 6.92 Å². The highest BCUT2D eigenvalue weighted by Gasteiger charge is 2.30. The van der Waals surface area contributed by atoms with E-state index in [1.165, 1.54) is 18.3 Å². The molecule has 0 saturated carbocycles.